The number of hydrogen-bond donors (Lipinski definition) is 2. The second kappa shape index (κ2) is 9.81. The van der Waals surface area contributed by atoms with Crippen LogP contribution in [0.25, 0.3) is 0 Å². The van der Waals surface area contributed by atoms with Crippen molar-refractivity contribution in [3.05, 3.63) is 11.0 Å². The SMILES string of the molecule is CC1CCC(C(=O)N(C2CCC(=N)CC2)C2C=C(C#CC(C)(C)C)SC2C(=O)O)CC1. The van der Waals surface area contributed by atoms with E-state index in [9.17, 15) is 14.7 Å². The van der Waals surface area contributed by atoms with Gasteiger partial charge in [-0.25, -0.2) is 0 Å². The lowest BCUT2D eigenvalue weighted by atomic mass is 9.81. The van der Waals surface area contributed by atoms with E-state index in [2.05, 4.69) is 18.8 Å². The van der Waals surface area contributed by atoms with Crippen LogP contribution in [-0.4, -0.2) is 44.9 Å². The maximum absolute atomic E-state index is 13.8. The van der Waals surface area contributed by atoms with Gasteiger partial charge in [0.1, 0.15) is 5.25 Å². The van der Waals surface area contributed by atoms with E-state index in [1.165, 1.54) is 11.8 Å². The first-order valence-corrected chi connectivity index (χ1v) is 12.5. The van der Waals surface area contributed by atoms with Crippen LogP contribution in [0.15, 0.2) is 11.0 Å². The number of nitrogens with one attached hydrogen (secondary N) is 1. The van der Waals surface area contributed by atoms with Crippen LogP contribution in [0.3, 0.4) is 0 Å². The van der Waals surface area contributed by atoms with E-state index >= 15 is 0 Å². The van der Waals surface area contributed by atoms with Crippen LogP contribution in [0.4, 0.5) is 0 Å². The normalized spacial score (nSPS) is 31.4. The van der Waals surface area contributed by atoms with Crippen molar-refractivity contribution in [1.82, 2.24) is 4.90 Å². The first-order valence-electron chi connectivity index (χ1n) is 11.6. The van der Waals surface area contributed by atoms with E-state index < -0.39 is 17.3 Å². The van der Waals surface area contributed by atoms with Gasteiger partial charge in [0.2, 0.25) is 5.91 Å². The third-order valence-electron chi connectivity index (χ3n) is 6.58. The molecule has 31 heavy (non-hydrogen) atoms. The summed E-state index contributed by atoms with van der Waals surface area (Å²) in [6.45, 7) is 8.33. The fraction of sp³-hybridized carbons (Fsp3) is 0.720. The lowest BCUT2D eigenvalue weighted by Crippen LogP contribution is -2.54. The third kappa shape index (κ3) is 6.16. The summed E-state index contributed by atoms with van der Waals surface area (Å²) in [6.07, 6.45) is 8.68. The average molecular weight is 445 g/mol. The smallest absolute Gasteiger partial charge is 0.319 e. The van der Waals surface area contributed by atoms with Crippen LogP contribution in [0, 0.1) is 34.5 Å². The number of carboxylic acids is 1. The quantitative estimate of drug-likeness (QED) is 0.591. The number of carboxylic acid groups (broad SMARTS) is 1. The maximum Gasteiger partial charge on any atom is 0.319 e. The molecule has 6 heteroatoms. The molecule has 2 atom stereocenters. The second-order valence-corrected chi connectivity index (χ2v) is 11.6. The first kappa shape index (κ1) is 23.9. The summed E-state index contributed by atoms with van der Waals surface area (Å²) in [5, 5.41) is 17.2. The molecule has 0 aromatic carbocycles. The molecule has 0 radical (unpaired) electrons. The van der Waals surface area contributed by atoms with Crippen LogP contribution >= 0.6 is 11.8 Å². The number of aliphatic carboxylic acids is 1. The number of hydrogen-bond acceptors (Lipinski definition) is 4. The molecule has 5 nitrogen and oxygen atoms in total. The van der Waals surface area contributed by atoms with Crippen molar-refractivity contribution in [3.63, 3.8) is 0 Å². The van der Waals surface area contributed by atoms with Gasteiger partial charge in [-0.15, -0.1) is 0 Å². The van der Waals surface area contributed by atoms with Crippen molar-refractivity contribution in [2.75, 3.05) is 0 Å². The molecular formula is C25H36N2O3S. The van der Waals surface area contributed by atoms with Gasteiger partial charge in [-0.05, 0) is 84.1 Å². The highest BCUT2D eigenvalue weighted by Gasteiger charge is 2.44. The van der Waals surface area contributed by atoms with Crippen LogP contribution < -0.4 is 0 Å². The monoisotopic (exact) mass is 444 g/mol. The molecule has 2 aliphatic carbocycles. The zero-order valence-corrected chi connectivity index (χ0v) is 20.1. The van der Waals surface area contributed by atoms with Gasteiger partial charge in [-0.1, -0.05) is 30.5 Å². The minimum absolute atomic E-state index is 0.000393. The Morgan fingerprint density at radius 2 is 1.74 bits per heavy atom. The number of rotatable bonds is 4. The van der Waals surface area contributed by atoms with E-state index in [1.54, 1.807) is 0 Å². The molecule has 0 aromatic heterocycles. The zero-order valence-electron chi connectivity index (χ0n) is 19.2. The first-order chi connectivity index (χ1) is 14.5. The summed E-state index contributed by atoms with van der Waals surface area (Å²) in [6, 6.07) is -0.476. The molecule has 3 aliphatic rings. The Morgan fingerprint density at radius 1 is 1.13 bits per heavy atom. The highest BCUT2D eigenvalue weighted by Crippen LogP contribution is 2.40. The number of thioether (sulfide) groups is 1. The maximum atomic E-state index is 13.8. The predicted octanol–water partition coefficient (Wildman–Crippen LogP) is 5.11. The third-order valence-corrected chi connectivity index (χ3v) is 7.81. The van der Waals surface area contributed by atoms with Gasteiger partial charge in [-0.2, -0.15) is 0 Å². The summed E-state index contributed by atoms with van der Waals surface area (Å²) in [5.74, 6) is 6.22. The Morgan fingerprint density at radius 3 is 2.29 bits per heavy atom. The van der Waals surface area contributed by atoms with Gasteiger partial charge in [0.15, 0.2) is 0 Å². The Hall–Kier alpha value is -1.74. The molecular weight excluding hydrogens is 408 g/mol. The Kier molecular flexibility index (Phi) is 7.57. The molecule has 0 aromatic rings. The van der Waals surface area contributed by atoms with Gasteiger partial charge in [0.25, 0.3) is 0 Å². The largest absolute Gasteiger partial charge is 0.480 e. The van der Waals surface area contributed by atoms with Crippen LogP contribution in [0.5, 0.6) is 0 Å². The number of carbonyl (C=O) groups is 2. The van der Waals surface area contributed by atoms with Crippen molar-refractivity contribution in [1.29, 1.82) is 5.41 Å². The van der Waals surface area contributed by atoms with Crippen molar-refractivity contribution in [2.45, 2.75) is 96.4 Å². The van der Waals surface area contributed by atoms with Gasteiger partial charge in [0.05, 0.1) is 10.9 Å². The minimum atomic E-state index is -0.891. The summed E-state index contributed by atoms with van der Waals surface area (Å²) >= 11 is 1.28. The van der Waals surface area contributed by atoms with E-state index in [0.717, 1.165) is 49.1 Å². The number of amides is 1. The zero-order chi connectivity index (χ0) is 22.8. The molecule has 170 valence electrons. The molecule has 1 aliphatic heterocycles. The van der Waals surface area contributed by atoms with Gasteiger partial charge in [0, 0.05) is 23.1 Å². The van der Waals surface area contributed by atoms with Gasteiger partial charge in [-0.3, -0.25) is 9.59 Å². The summed E-state index contributed by atoms with van der Waals surface area (Å²) in [7, 11) is 0. The summed E-state index contributed by atoms with van der Waals surface area (Å²) in [5.41, 5.74) is 0.564. The topological polar surface area (TPSA) is 81.5 Å². The van der Waals surface area contributed by atoms with Crippen LogP contribution in [0.1, 0.15) is 79.1 Å². The second-order valence-electron chi connectivity index (χ2n) is 10.4. The van der Waals surface area contributed by atoms with E-state index in [1.807, 2.05) is 31.7 Å². The standard InChI is InChI=1S/C25H36N2O3S/c1-16-5-7-17(8-6-16)23(28)27(19-11-9-18(26)10-12-19)21-15-20(13-14-25(2,3)4)31-22(21)24(29)30/h15-17,19,21-22,26H,5-12H2,1-4H3,(H,29,30). The molecule has 0 saturated heterocycles. The molecule has 0 spiro atoms. The Bertz CT molecular complexity index is 799. The molecule has 2 saturated carbocycles. The molecule has 2 unspecified atom stereocenters. The molecule has 3 rings (SSSR count). The molecule has 1 amide bonds. The fourth-order valence-electron chi connectivity index (χ4n) is 4.75. The Balaban J connectivity index is 1.92. The number of carbonyl (C=O) groups excluding carboxylic acids is 1. The highest BCUT2D eigenvalue weighted by molar-refractivity contribution is 8.05. The number of nitrogens with zero attached hydrogens (tertiary/aromatic N) is 1. The number of allylic oxidation sites excluding steroid dienone is 1. The van der Waals surface area contributed by atoms with E-state index in [0.29, 0.717) is 18.8 Å². The molecule has 2 fully saturated rings. The van der Waals surface area contributed by atoms with Crippen molar-refractivity contribution in [3.8, 4) is 11.8 Å². The lowest BCUT2D eigenvalue weighted by Gasteiger charge is -2.42. The molecule has 2 N–H and O–H groups in total. The minimum Gasteiger partial charge on any atom is -0.480 e. The fourth-order valence-corrected chi connectivity index (χ4v) is 5.80. The highest BCUT2D eigenvalue weighted by atomic mass is 32.2. The van der Waals surface area contributed by atoms with E-state index in [4.69, 9.17) is 5.41 Å². The van der Waals surface area contributed by atoms with Crippen molar-refractivity contribution in [2.24, 2.45) is 17.3 Å². The predicted molar refractivity (Wildman–Crippen MR) is 126 cm³/mol. The van der Waals surface area contributed by atoms with Crippen molar-refractivity contribution >= 4 is 29.4 Å². The van der Waals surface area contributed by atoms with Gasteiger partial charge < -0.3 is 15.4 Å². The van der Waals surface area contributed by atoms with Gasteiger partial charge >= 0.3 is 5.97 Å². The summed E-state index contributed by atoms with van der Waals surface area (Å²) < 4.78 is 0. The molecule has 1 heterocycles. The lowest BCUT2D eigenvalue weighted by molar-refractivity contribution is -0.144. The van der Waals surface area contributed by atoms with E-state index in [-0.39, 0.29) is 23.3 Å². The van der Waals surface area contributed by atoms with Crippen LogP contribution in [0.2, 0.25) is 0 Å². The van der Waals surface area contributed by atoms with Crippen LogP contribution in [-0.2, 0) is 9.59 Å². The molecule has 0 bridgehead atoms. The average Bonchev–Trinajstić information content (AvgIpc) is 3.12. The Labute approximate surface area is 190 Å². The summed E-state index contributed by atoms with van der Waals surface area (Å²) in [4.78, 5) is 28.6. The van der Waals surface area contributed by atoms with Crippen molar-refractivity contribution < 1.29 is 14.7 Å².